The van der Waals surface area contributed by atoms with Crippen LogP contribution in [-0.4, -0.2) is 44.6 Å². The van der Waals surface area contributed by atoms with Gasteiger partial charge in [-0.3, -0.25) is 4.79 Å². The van der Waals surface area contributed by atoms with Crippen molar-refractivity contribution in [1.82, 2.24) is 4.90 Å². The van der Waals surface area contributed by atoms with Gasteiger partial charge in [-0.05, 0) is 24.7 Å². The summed E-state index contributed by atoms with van der Waals surface area (Å²) in [5.41, 5.74) is 1.22. The minimum Gasteiger partial charge on any atom is -0.497 e. The van der Waals surface area contributed by atoms with Crippen LogP contribution >= 0.6 is 0 Å². The molecule has 0 spiro atoms. The van der Waals surface area contributed by atoms with Crippen LogP contribution in [0.15, 0.2) is 24.3 Å². The lowest BCUT2D eigenvalue weighted by atomic mass is 10.00. The first-order chi connectivity index (χ1) is 9.19. The predicted molar refractivity (Wildman–Crippen MR) is 73.3 cm³/mol. The molecule has 0 aromatic heterocycles. The van der Waals surface area contributed by atoms with E-state index in [9.17, 15) is 4.79 Å². The summed E-state index contributed by atoms with van der Waals surface area (Å²) in [4.78, 5) is 13.9. The van der Waals surface area contributed by atoms with Crippen molar-refractivity contribution in [1.29, 1.82) is 0 Å². The molecular formula is C15H21NO3. The largest absolute Gasteiger partial charge is 0.497 e. The third kappa shape index (κ3) is 4.04. The summed E-state index contributed by atoms with van der Waals surface area (Å²) >= 11 is 0. The smallest absolute Gasteiger partial charge is 0.141 e. The van der Waals surface area contributed by atoms with Crippen LogP contribution in [0, 0.1) is 5.92 Å². The number of hydrogen-bond donors (Lipinski definition) is 0. The first-order valence-electron chi connectivity index (χ1n) is 6.61. The number of Topliss-reactive ketones (excluding diaryl/α,β-unsaturated/α-hetero) is 1. The number of carbonyl (C=O) groups excluding carboxylic acids is 1. The maximum Gasteiger partial charge on any atom is 0.141 e. The maximum absolute atomic E-state index is 11.7. The molecule has 1 aliphatic rings. The van der Waals surface area contributed by atoms with E-state index in [1.807, 2.05) is 19.2 Å². The molecule has 0 radical (unpaired) electrons. The highest BCUT2D eigenvalue weighted by molar-refractivity contribution is 5.82. The van der Waals surface area contributed by atoms with Gasteiger partial charge >= 0.3 is 0 Å². The lowest BCUT2D eigenvalue weighted by Gasteiger charge is -2.26. The maximum atomic E-state index is 11.7. The highest BCUT2D eigenvalue weighted by Crippen LogP contribution is 2.15. The van der Waals surface area contributed by atoms with E-state index < -0.39 is 0 Å². The van der Waals surface area contributed by atoms with E-state index in [1.54, 1.807) is 7.11 Å². The number of benzene rings is 1. The molecule has 1 aromatic carbocycles. The van der Waals surface area contributed by atoms with Crippen molar-refractivity contribution in [2.75, 3.05) is 33.9 Å². The first-order valence-corrected chi connectivity index (χ1v) is 6.61. The Morgan fingerprint density at radius 3 is 2.74 bits per heavy atom. The first kappa shape index (κ1) is 14.0. The van der Waals surface area contributed by atoms with E-state index in [4.69, 9.17) is 9.47 Å². The predicted octanol–water partition coefficient (Wildman–Crippen LogP) is 1.73. The third-order valence-electron chi connectivity index (χ3n) is 3.41. The molecule has 0 bridgehead atoms. The molecule has 1 heterocycles. The number of nitrogens with zero attached hydrogens (tertiary/aromatic N) is 1. The molecule has 1 saturated heterocycles. The van der Waals surface area contributed by atoms with E-state index in [2.05, 4.69) is 17.0 Å². The van der Waals surface area contributed by atoms with Crippen molar-refractivity contribution in [3.05, 3.63) is 29.8 Å². The van der Waals surface area contributed by atoms with Gasteiger partial charge in [0.05, 0.1) is 26.2 Å². The fraction of sp³-hybridized carbons (Fsp3) is 0.533. The van der Waals surface area contributed by atoms with Gasteiger partial charge < -0.3 is 14.4 Å². The fourth-order valence-electron chi connectivity index (χ4n) is 2.33. The van der Waals surface area contributed by atoms with Crippen molar-refractivity contribution < 1.29 is 14.3 Å². The Bertz CT molecular complexity index is 416. The van der Waals surface area contributed by atoms with Crippen LogP contribution in [0.1, 0.15) is 12.0 Å². The summed E-state index contributed by atoms with van der Waals surface area (Å²) in [5, 5.41) is 0. The van der Waals surface area contributed by atoms with Gasteiger partial charge in [0.2, 0.25) is 0 Å². The molecule has 0 amide bonds. The molecule has 4 nitrogen and oxygen atoms in total. The normalized spacial score (nSPS) is 19.7. The summed E-state index contributed by atoms with van der Waals surface area (Å²) < 4.78 is 10.5. The molecular weight excluding hydrogens is 242 g/mol. The van der Waals surface area contributed by atoms with Gasteiger partial charge in [0.1, 0.15) is 11.5 Å². The van der Waals surface area contributed by atoms with Crippen LogP contribution < -0.4 is 4.74 Å². The molecule has 0 aliphatic carbocycles. The zero-order valence-corrected chi connectivity index (χ0v) is 11.6. The van der Waals surface area contributed by atoms with Crippen molar-refractivity contribution in [2.45, 2.75) is 13.0 Å². The number of ether oxygens (including phenoxy) is 2. The minimum absolute atomic E-state index is 0.0250. The summed E-state index contributed by atoms with van der Waals surface area (Å²) in [6.45, 7) is 2.72. The lowest BCUT2D eigenvalue weighted by Crippen LogP contribution is -2.36. The van der Waals surface area contributed by atoms with Gasteiger partial charge in [0, 0.05) is 19.5 Å². The molecule has 1 aliphatic heterocycles. The second-order valence-electron chi connectivity index (χ2n) is 5.03. The van der Waals surface area contributed by atoms with Crippen LogP contribution in [0.2, 0.25) is 0 Å². The summed E-state index contributed by atoms with van der Waals surface area (Å²) in [6, 6.07) is 8.01. The van der Waals surface area contributed by atoms with E-state index in [0.29, 0.717) is 25.4 Å². The Morgan fingerprint density at radius 1 is 1.37 bits per heavy atom. The van der Waals surface area contributed by atoms with E-state index in [0.717, 1.165) is 18.8 Å². The Hall–Kier alpha value is -1.39. The molecule has 4 heteroatoms. The number of ketones is 1. The zero-order valence-electron chi connectivity index (χ0n) is 11.6. The molecule has 104 valence electrons. The summed E-state index contributed by atoms with van der Waals surface area (Å²) in [7, 11) is 3.70. The fourth-order valence-corrected chi connectivity index (χ4v) is 2.33. The summed E-state index contributed by atoms with van der Waals surface area (Å²) in [6.07, 6.45) is 0.557. The monoisotopic (exact) mass is 263 g/mol. The summed E-state index contributed by atoms with van der Waals surface area (Å²) in [5.74, 6) is 1.21. The highest BCUT2D eigenvalue weighted by Gasteiger charge is 2.23. The number of rotatable bonds is 5. The topological polar surface area (TPSA) is 38.8 Å². The van der Waals surface area contributed by atoms with Crippen LogP contribution in [0.4, 0.5) is 0 Å². The molecule has 1 aromatic rings. The number of carbonyl (C=O) groups is 1. The van der Waals surface area contributed by atoms with Gasteiger partial charge in [-0.15, -0.1) is 0 Å². The minimum atomic E-state index is 0.0250. The van der Waals surface area contributed by atoms with Crippen LogP contribution in [0.5, 0.6) is 5.75 Å². The van der Waals surface area contributed by atoms with E-state index in [-0.39, 0.29) is 5.92 Å². The van der Waals surface area contributed by atoms with E-state index >= 15 is 0 Å². The SMILES string of the molecule is COc1ccc(CN(C)CC2COCCC2=O)cc1. The molecule has 0 N–H and O–H groups in total. The second kappa shape index (κ2) is 6.68. The van der Waals surface area contributed by atoms with Gasteiger partial charge in [-0.1, -0.05) is 12.1 Å². The standard InChI is InChI=1S/C15H21NO3/c1-16(10-13-11-19-8-7-15(13)17)9-12-3-5-14(18-2)6-4-12/h3-6,13H,7-11H2,1-2H3. The van der Waals surface area contributed by atoms with Crippen molar-refractivity contribution in [3.63, 3.8) is 0 Å². The molecule has 2 rings (SSSR count). The van der Waals surface area contributed by atoms with E-state index in [1.165, 1.54) is 5.56 Å². The molecule has 19 heavy (non-hydrogen) atoms. The average molecular weight is 263 g/mol. The van der Waals surface area contributed by atoms with Crippen LogP contribution in [0.25, 0.3) is 0 Å². The van der Waals surface area contributed by atoms with Gasteiger partial charge in [-0.25, -0.2) is 0 Å². The Kier molecular flexibility index (Phi) is 4.93. The second-order valence-corrected chi connectivity index (χ2v) is 5.03. The number of hydrogen-bond acceptors (Lipinski definition) is 4. The molecule has 1 fully saturated rings. The zero-order chi connectivity index (χ0) is 13.7. The van der Waals surface area contributed by atoms with Crippen molar-refractivity contribution in [3.8, 4) is 5.75 Å². The Morgan fingerprint density at radius 2 is 2.11 bits per heavy atom. The lowest BCUT2D eigenvalue weighted by molar-refractivity contribution is -0.131. The van der Waals surface area contributed by atoms with Crippen LogP contribution in [-0.2, 0) is 16.1 Å². The Balaban J connectivity index is 1.85. The van der Waals surface area contributed by atoms with Gasteiger partial charge in [0.15, 0.2) is 0 Å². The van der Waals surface area contributed by atoms with Crippen molar-refractivity contribution >= 4 is 5.78 Å². The molecule has 1 unspecified atom stereocenters. The van der Waals surface area contributed by atoms with Gasteiger partial charge in [-0.2, -0.15) is 0 Å². The molecule has 0 saturated carbocycles. The highest BCUT2D eigenvalue weighted by atomic mass is 16.5. The number of methoxy groups -OCH3 is 1. The molecule has 1 atom stereocenters. The quantitative estimate of drug-likeness (QED) is 0.811. The average Bonchev–Trinajstić information content (AvgIpc) is 2.42. The van der Waals surface area contributed by atoms with Gasteiger partial charge in [0.25, 0.3) is 0 Å². The third-order valence-corrected chi connectivity index (χ3v) is 3.41. The van der Waals surface area contributed by atoms with Crippen LogP contribution in [0.3, 0.4) is 0 Å². The Labute approximate surface area is 114 Å². The van der Waals surface area contributed by atoms with Crippen molar-refractivity contribution in [2.24, 2.45) is 5.92 Å².